The molecule has 0 saturated carbocycles. The van der Waals surface area contributed by atoms with Gasteiger partial charge in [0.2, 0.25) is 0 Å². The van der Waals surface area contributed by atoms with Crippen LogP contribution in [0, 0.1) is 34.1 Å². The zero-order valence-corrected chi connectivity index (χ0v) is 12.7. The number of rotatable bonds is 5. The fourth-order valence-electron chi connectivity index (χ4n) is 1.86. The molecule has 0 aliphatic carbocycles. The Morgan fingerprint density at radius 1 is 0.955 bits per heavy atom. The molecule has 0 radical (unpaired) electrons. The van der Waals surface area contributed by atoms with Crippen LogP contribution >= 0.6 is 11.8 Å². The zero-order chi connectivity index (χ0) is 16.3. The molecule has 1 heterocycles. The lowest BCUT2D eigenvalue weighted by atomic mass is 10.2. The molecule has 9 heteroatoms. The summed E-state index contributed by atoms with van der Waals surface area (Å²) in [6, 6.07) is 5.43. The lowest BCUT2D eigenvalue weighted by molar-refractivity contribution is -0.394. The van der Waals surface area contributed by atoms with Gasteiger partial charge in [0, 0.05) is 29.3 Å². The van der Waals surface area contributed by atoms with Gasteiger partial charge < -0.3 is 0 Å². The Kier molecular flexibility index (Phi) is 4.66. The summed E-state index contributed by atoms with van der Waals surface area (Å²) in [5, 5.41) is 22.2. The highest BCUT2D eigenvalue weighted by atomic mass is 32.2. The predicted molar refractivity (Wildman–Crippen MR) is 80.8 cm³/mol. The van der Waals surface area contributed by atoms with E-state index in [2.05, 4.69) is 9.97 Å². The smallest absolute Gasteiger partial charge is 0.258 e. The summed E-state index contributed by atoms with van der Waals surface area (Å²) in [5.74, 6) is 0.311. The second-order valence-corrected chi connectivity index (χ2v) is 5.54. The van der Waals surface area contributed by atoms with Gasteiger partial charge in [-0.15, -0.1) is 0 Å². The maximum absolute atomic E-state index is 10.8. The maximum atomic E-state index is 10.8. The van der Waals surface area contributed by atoms with E-state index in [1.54, 1.807) is 0 Å². The van der Waals surface area contributed by atoms with Crippen molar-refractivity contribution in [3.8, 4) is 0 Å². The van der Waals surface area contributed by atoms with Crippen LogP contribution in [0.5, 0.6) is 0 Å². The summed E-state index contributed by atoms with van der Waals surface area (Å²) in [7, 11) is 0. The van der Waals surface area contributed by atoms with Gasteiger partial charge in [0.25, 0.3) is 11.4 Å². The number of benzene rings is 1. The molecule has 0 saturated heterocycles. The number of hydrogen-bond acceptors (Lipinski definition) is 7. The molecule has 2 aromatic rings. The van der Waals surface area contributed by atoms with Crippen molar-refractivity contribution in [1.82, 2.24) is 9.97 Å². The highest BCUT2D eigenvalue weighted by molar-refractivity contribution is 7.98. The Labute approximate surface area is 129 Å². The molecule has 8 nitrogen and oxygen atoms in total. The second-order valence-electron chi connectivity index (χ2n) is 4.59. The van der Waals surface area contributed by atoms with E-state index in [0.717, 1.165) is 17.5 Å². The Hall–Kier alpha value is -2.55. The summed E-state index contributed by atoms with van der Waals surface area (Å²) in [5.41, 5.74) is 1.52. The quantitative estimate of drug-likeness (QED) is 0.360. The molecule has 1 aromatic carbocycles. The number of nitro groups is 2. The third-order valence-electron chi connectivity index (χ3n) is 2.71. The van der Waals surface area contributed by atoms with Crippen molar-refractivity contribution in [2.45, 2.75) is 24.8 Å². The molecule has 1 aromatic heterocycles. The van der Waals surface area contributed by atoms with Gasteiger partial charge in [0.15, 0.2) is 5.16 Å². The summed E-state index contributed by atoms with van der Waals surface area (Å²) < 4.78 is 0. The van der Waals surface area contributed by atoms with Crippen LogP contribution < -0.4 is 0 Å². The lowest BCUT2D eigenvalue weighted by Crippen LogP contribution is -1.96. The largest absolute Gasteiger partial charge is 0.276 e. The minimum Gasteiger partial charge on any atom is -0.258 e. The first-order valence-corrected chi connectivity index (χ1v) is 7.21. The topological polar surface area (TPSA) is 112 Å². The van der Waals surface area contributed by atoms with Gasteiger partial charge in [-0.25, -0.2) is 9.97 Å². The van der Waals surface area contributed by atoms with Gasteiger partial charge in [-0.05, 0) is 25.5 Å². The van der Waals surface area contributed by atoms with Crippen LogP contribution in [0.2, 0.25) is 0 Å². The summed E-state index contributed by atoms with van der Waals surface area (Å²) >= 11 is 1.28. The van der Waals surface area contributed by atoms with E-state index < -0.39 is 9.85 Å². The molecule has 0 atom stereocenters. The molecule has 0 spiro atoms. The van der Waals surface area contributed by atoms with Crippen molar-refractivity contribution in [1.29, 1.82) is 0 Å². The molecular formula is C13H12N4O4S. The van der Waals surface area contributed by atoms with Gasteiger partial charge >= 0.3 is 0 Å². The first-order valence-electron chi connectivity index (χ1n) is 6.23. The van der Waals surface area contributed by atoms with E-state index in [0.29, 0.717) is 16.5 Å². The molecule has 0 unspecified atom stereocenters. The van der Waals surface area contributed by atoms with Crippen LogP contribution in [-0.4, -0.2) is 19.8 Å². The predicted octanol–water partition coefficient (Wildman–Crippen LogP) is 3.20. The van der Waals surface area contributed by atoms with Gasteiger partial charge in [-0.2, -0.15) is 0 Å². The van der Waals surface area contributed by atoms with E-state index in [1.807, 2.05) is 19.9 Å². The second kappa shape index (κ2) is 6.48. The van der Waals surface area contributed by atoms with Gasteiger partial charge in [0.05, 0.1) is 15.9 Å². The molecule has 0 aliphatic heterocycles. The van der Waals surface area contributed by atoms with Crippen LogP contribution in [0.4, 0.5) is 11.4 Å². The van der Waals surface area contributed by atoms with E-state index in [1.165, 1.54) is 23.9 Å². The standard InChI is InChI=1S/C13H12N4O4S/c1-8-3-9(2)15-13(14-8)22-7-10-4-11(16(18)19)6-12(5-10)17(20)21/h3-6H,7H2,1-2H3. The number of non-ortho nitro benzene ring substituents is 2. The van der Waals surface area contributed by atoms with Crippen molar-refractivity contribution >= 4 is 23.1 Å². The Morgan fingerprint density at radius 3 is 1.91 bits per heavy atom. The van der Waals surface area contributed by atoms with Crippen molar-refractivity contribution in [3.63, 3.8) is 0 Å². The van der Waals surface area contributed by atoms with Crippen molar-refractivity contribution in [2.24, 2.45) is 0 Å². The van der Waals surface area contributed by atoms with Crippen LogP contribution in [0.25, 0.3) is 0 Å². The molecule has 114 valence electrons. The summed E-state index contributed by atoms with van der Waals surface area (Å²) in [6.45, 7) is 3.69. The van der Waals surface area contributed by atoms with Crippen LogP contribution in [0.15, 0.2) is 29.4 Å². The average molecular weight is 320 g/mol. The lowest BCUT2D eigenvalue weighted by Gasteiger charge is -2.03. The third kappa shape index (κ3) is 3.98. The van der Waals surface area contributed by atoms with E-state index in [4.69, 9.17) is 0 Å². The average Bonchev–Trinajstić information content (AvgIpc) is 2.43. The van der Waals surface area contributed by atoms with Crippen molar-refractivity contribution in [2.75, 3.05) is 0 Å². The van der Waals surface area contributed by atoms with Crippen LogP contribution in [0.1, 0.15) is 17.0 Å². The third-order valence-corrected chi connectivity index (χ3v) is 3.63. The molecule has 0 fully saturated rings. The number of nitro benzene ring substituents is 2. The summed E-state index contributed by atoms with van der Waals surface area (Å²) in [6.07, 6.45) is 0. The van der Waals surface area contributed by atoms with Crippen LogP contribution in [0.3, 0.4) is 0 Å². The number of thioether (sulfide) groups is 1. The Balaban J connectivity index is 2.25. The maximum Gasteiger partial charge on any atom is 0.276 e. The normalized spacial score (nSPS) is 10.5. The van der Waals surface area contributed by atoms with Gasteiger partial charge in [-0.1, -0.05) is 11.8 Å². The van der Waals surface area contributed by atoms with Crippen molar-refractivity contribution < 1.29 is 9.85 Å². The van der Waals surface area contributed by atoms with Crippen LogP contribution in [-0.2, 0) is 5.75 Å². The number of aromatic nitrogens is 2. The fraction of sp³-hybridized carbons (Fsp3) is 0.231. The first-order chi connectivity index (χ1) is 10.3. The summed E-state index contributed by atoms with van der Waals surface area (Å²) in [4.78, 5) is 28.9. The molecule has 0 amide bonds. The van der Waals surface area contributed by atoms with E-state index >= 15 is 0 Å². The Morgan fingerprint density at radius 2 is 1.45 bits per heavy atom. The number of aryl methyl sites for hydroxylation is 2. The minimum absolute atomic E-state index is 0.300. The SMILES string of the molecule is Cc1cc(C)nc(SCc2cc([N+](=O)[O-])cc([N+](=O)[O-])c2)n1. The molecule has 0 N–H and O–H groups in total. The van der Waals surface area contributed by atoms with Gasteiger partial charge in [0.1, 0.15) is 0 Å². The Bertz CT molecular complexity index is 698. The minimum atomic E-state index is -0.644. The highest BCUT2D eigenvalue weighted by Gasteiger charge is 2.16. The molecule has 0 bridgehead atoms. The molecule has 0 aliphatic rings. The van der Waals surface area contributed by atoms with Gasteiger partial charge in [-0.3, -0.25) is 20.2 Å². The molecule has 22 heavy (non-hydrogen) atoms. The first kappa shape index (κ1) is 15.8. The zero-order valence-electron chi connectivity index (χ0n) is 11.8. The highest BCUT2D eigenvalue weighted by Crippen LogP contribution is 2.27. The fourth-order valence-corrected chi connectivity index (χ4v) is 2.74. The number of hydrogen-bond donors (Lipinski definition) is 0. The molecule has 2 rings (SSSR count). The van der Waals surface area contributed by atoms with Crippen molar-refractivity contribution in [3.05, 3.63) is 61.4 Å². The number of nitrogens with zero attached hydrogens (tertiary/aromatic N) is 4. The van der Waals surface area contributed by atoms with E-state index in [9.17, 15) is 20.2 Å². The van der Waals surface area contributed by atoms with E-state index in [-0.39, 0.29) is 11.4 Å². The molecular weight excluding hydrogens is 308 g/mol. The monoisotopic (exact) mass is 320 g/mol.